The Morgan fingerprint density at radius 3 is 2.52 bits per heavy atom. The summed E-state index contributed by atoms with van der Waals surface area (Å²) < 4.78 is 12.1. The Morgan fingerprint density at radius 1 is 1.04 bits per heavy atom. The van der Waals surface area contributed by atoms with Gasteiger partial charge in [-0.1, -0.05) is 28.1 Å². The highest BCUT2D eigenvalue weighted by Crippen LogP contribution is 2.30. The lowest BCUT2D eigenvalue weighted by Gasteiger charge is -2.13. The number of hydrogen-bond acceptors (Lipinski definition) is 3. The number of benzene rings is 2. The molecule has 2 aromatic rings. The molecule has 5 nitrogen and oxygen atoms in total. The molecule has 0 unspecified atom stereocenters. The first kappa shape index (κ1) is 19.1. The molecule has 0 aliphatic carbocycles. The van der Waals surface area contributed by atoms with Gasteiger partial charge in [0.2, 0.25) is 0 Å². The van der Waals surface area contributed by atoms with E-state index >= 15 is 0 Å². The third-order valence-corrected chi connectivity index (χ3v) is 3.88. The minimum Gasteiger partial charge on any atom is -0.490 e. The van der Waals surface area contributed by atoms with Crippen LogP contribution in [0.25, 0.3) is 0 Å². The molecule has 6 heteroatoms. The minimum absolute atomic E-state index is 0.249. The fourth-order valence-electron chi connectivity index (χ4n) is 2.32. The molecule has 0 fully saturated rings. The Balaban J connectivity index is 1.88. The maximum Gasteiger partial charge on any atom is 0.319 e. The van der Waals surface area contributed by atoms with Crippen molar-refractivity contribution in [3.8, 4) is 11.5 Å². The van der Waals surface area contributed by atoms with Gasteiger partial charge in [0, 0.05) is 22.8 Å². The lowest BCUT2D eigenvalue weighted by atomic mass is 10.1. The van der Waals surface area contributed by atoms with Gasteiger partial charge in [0.15, 0.2) is 11.5 Å². The predicted octanol–water partition coefficient (Wildman–Crippen LogP) is 4.61. The van der Waals surface area contributed by atoms with Gasteiger partial charge in [-0.05, 0) is 50.1 Å². The molecule has 0 atom stereocenters. The molecule has 2 amide bonds. The topological polar surface area (TPSA) is 59.6 Å². The van der Waals surface area contributed by atoms with E-state index in [-0.39, 0.29) is 6.03 Å². The lowest BCUT2D eigenvalue weighted by molar-refractivity contribution is 0.252. The quantitative estimate of drug-likeness (QED) is 0.672. The highest BCUT2D eigenvalue weighted by atomic mass is 79.9. The molecule has 134 valence electrons. The highest BCUT2D eigenvalue weighted by Gasteiger charge is 2.08. The maximum absolute atomic E-state index is 12.0. The second-order valence-corrected chi connectivity index (χ2v) is 6.20. The summed E-state index contributed by atoms with van der Waals surface area (Å²) in [4.78, 5) is 12.0. The fourth-order valence-corrected chi connectivity index (χ4v) is 2.76. The van der Waals surface area contributed by atoms with Crippen LogP contribution in [0.2, 0.25) is 0 Å². The third kappa shape index (κ3) is 6.31. The molecule has 25 heavy (non-hydrogen) atoms. The van der Waals surface area contributed by atoms with Crippen LogP contribution in [0, 0.1) is 0 Å². The van der Waals surface area contributed by atoms with Crippen molar-refractivity contribution in [2.75, 3.05) is 25.1 Å². The van der Waals surface area contributed by atoms with Crippen molar-refractivity contribution in [1.82, 2.24) is 5.32 Å². The van der Waals surface area contributed by atoms with Crippen molar-refractivity contribution in [2.24, 2.45) is 0 Å². The van der Waals surface area contributed by atoms with Gasteiger partial charge >= 0.3 is 6.03 Å². The Hall–Kier alpha value is -2.21. The van der Waals surface area contributed by atoms with E-state index in [1.54, 1.807) is 18.2 Å². The van der Waals surface area contributed by atoms with Crippen LogP contribution in [-0.4, -0.2) is 25.8 Å². The normalized spacial score (nSPS) is 10.2. The summed E-state index contributed by atoms with van der Waals surface area (Å²) >= 11 is 3.44. The summed E-state index contributed by atoms with van der Waals surface area (Å²) in [7, 11) is 0. The zero-order valence-corrected chi connectivity index (χ0v) is 16.1. The minimum atomic E-state index is -0.249. The van der Waals surface area contributed by atoms with Crippen LogP contribution in [0.1, 0.15) is 19.4 Å². The summed E-state index contributed by atoms with van der Waals surface area (Å²) in [5.41, 5.74) is 1.82. The lowest BCUT2D eigenvalue weighted by Crippen LogP contribution is -2.30. The van der Waals surface area contributed by atoms with Gasteiger partial charge in [0.25, 0.3) is 0 Å². The van der Waals surface area contributed by atoms with Crippen molar-refractivity contribution in [3.05, 3.63) is 52.5 Å². The molecular weight excluding hydrogens is 384 g/mol. The van der Waals surface area contributed by atoms with Crippen molar-refractivity contribution in [1.29, 1.82) is 0 Å². The van der Waals surface area contributed by atoms with Gasteiger partial charge in [-0.2, -0.15) is 0 Å². The van der Waals surface area contributed by atoms with E-state index in [1.165, 1.54) is 0 Å². The first-order chi connectivity index (χ1) is 12.1. The molecule has 0 heterocycles. The van der Waals surface area contributed by atoms with Crippen molar-refractivity contribution in [2.45, 2.75) is 20.3 Å². The largest absolute Gasteiger partial charge is 0.490 e. The van der Waals surface area contributed by atoms with E-state index in [4.69, 9.17) is 9.47 Å². The molecule has 0 radical (unpaired) electrons. The molecule has 2 rings (SSSR count). The Kier molecular flexibility index (Phi) is 7.60. The van der Waals surface area contributed by atoms with Crippen molar-refractivity contribution in [3.63, 3.8) is 0 Å². The van der Waals surface area contributed by atoms with Crippen LogP contribution < -0.4 is 20.1 Å². The summed E-state index contributed by atoms with van der Waals surface area (Å²) in [6.07, 6.45) is 0.764. The monoisotopic (exact) mass is 406 g/mol. The van der Waals surface area contributed by atoms with Gasteiger partial charge in [-0.25, -0.2) is 4.79 Å². The number of halogens is 1. The standard InChI is InChI=1S/C19H23BrN2O3/c1-3-24-17-9-8-16(13-18(17)25-4-2)22-19(23)21-11-10-14-6-5-7-15(20)12-14/h5-9,12-13H,3-4,10-11H2,1-2H3,(H2,21,22,23). The van der Waals surface area contributed by atoms with E-state index in [9.17, 15) is 4.79 Å². The SMILES string of the molecule is CCOc1ccc(NC(=O)NCCc2cccc(Br)c2)cc1OCC. The fraction of sp³-hybridized carbons (Fsp3) is 0.316. The number of rotatable bonds is 8. The Labute approximate surface area is 156 Å². The summed E-state index contributed by atoms with van der Waals surface area (Å²) in [6.45, 7) is 5.47. The molecule has 0 spiro atoms. The Morgan fingerprint density at radius 2 is 1.80 bits per heavy atom. The molecule has 0 aromatic heterocycles. The van der Waals surface area contributed by atoms with Crippen molar-refractivity contribution < 1.29 is 14.3 Å². The molecule has 0 bridgehead atoms. The molecule has 2 N–H and O–H groups in total. The summed E-state index contributed by atoms with van der Waals surface area (Å²) in [5.74, 6) is 1.29. The van der Waals surface area contributed by atoms with Gasteiger partial charge in [0.05, 0.1) is 13.2 Å². The van der Waals surface area contributed by atoms with Crippen LogP contribution in [0.3, 0.4) is 0 Å². The number of carbonyl (C=O) groups is 1. The number of amides is 2. The van der Waals surface area contributed by atoms with E-state index in [0.717, 1.165) is 16.5 Å². The zero-order valence-electron chi connectivity index (χ0n) is 14.5. The average molecular weight is 407 g/mol. The number of hydrogen-bond donors (Lipinski definition) is 2. The van der Waals surface area contributed by atoms with Crippen LogP contribution >= 0.6 is 15.9 Å². The van der Waals surface area contributed by atoms with Gasteiger partial charge < -0.3 is 20.1 Å². The van der Waals surface area contributed by atoms with Gasteiger partial charge in [-0.15, -0.1) is 0 Å². The van der Waals surface area contributed by atoms with Crippen molar-refractivity contribution >= 4 is 27.6 Å². The van der Waals surface area contributed by atoms with E-state index in [2.05, 4.69) is 26.6 Å². The second kappa shape index (κ2) is 9.93. The number of nitrogens with one attached hydrogen (secondary N) is 2. The Bertz CT molecular complexity index is 707. The number of urea groups is 1. The van der Waals surface area contributed by atoms with Gasteiger partial charge in [0.1, 0.15) is 0 Å². The smallest absolute Gasteiger partial charge is 0.319 e. The van der Waals surface area contributed by atoms with E-state index in [1.807, 2.05) is 38.1 Å². The molecule has 2 aromatic carbocycles. The van der Waals surface area contributed by atoms with E-state index in [0.29, 0.717) is 36.9 Å². The van der Waals surface area contributed by atoms with Crippen LogP contribution in [0.5, 0.6) is 11.5 Å². The molecule has 0 saturated heterocycles. The summed E-state index contributed by atoms with van der Waals surface area (Å²) in [6, 6.07) is 13.1. The third-order valence-electron chi connectivity index (χ3n) is 3.39. The molecule has 0 aliphatic rings. The van der Waals surface area contributed by atoms with E-state index < -0.39 is 0 Å². The second-order valence-electron chi connectivity index (χ2n) is 5.29. The molecule has 0 saturated carbocycles. The maximum atomic E-state index is 12.0. The zero-order chi connectivity index (χ0) is 18.1. The number of carbonyl (C=O) groups excluding carboxylic acids is 1. The number of ether oxygens (including phenoxy) is 2. The number of anilines is 1. The van der Waals surface area contributed by atoms with Crippen LogP contribution in [-0.2, 0) is 6.42 Å². The summed E-state index contributed by atoms with van der Waals surface area (Å²) in [5, 5.41) is 5.67. The van der Waals surface area contributed by atoms with Crippen LogP contribution in [0.4, 0.5) is 10.5 Å². The van der Waals surface area contributed by atoms with Crippen LogP contribution in [0.15, 0.2) is 46.9 Å². The average Bonchev–Trinajstić information content (AvgIpc) is 2.58. The van der Waals surface area contributed by atoms with Gasteiger partial charge in [-0.3, -0.25) is 0 Å². The molecular formula is C19H23BrN2O3. The predicted molar refractivity (Wildman–Crippen MR) is 104 cm³/mol. The highest BCUT2D eigenvalue weighted by molar-refractivity contribution is 9.10. The first-order valence-electron chi connectivity index (χ1n) is 8.31. The first-order valence-corrected chi connectivity index (χ1v) is 9.10. The molecule has 0 aliphatic heterocycles.